The molecule has 0 bridgehead atoms. The summed E-state index contributed by atoms with van der Waals surface area (Å²) < 4.78 is 5.02. The monoisotopic (exact) mass is 171 g/mol. The zero-order valence-electron chi connectivity index (χ0n) is 7.71. The Balaban J connectivity index is 2.20. The van der Waals surface area contributed by atoms with Gasteiger partial charge in [-0.3, -0.25) is 0 Å². The number of piperidine rings is 1. The first kappa shape index (κ1) is 9.36. The van der Waals surface area contributed by atoms with Gasteiger partial charge in [0, 0.05) is 13.1 Å². The van der Waals surface area contributed by atoms with Gasteiger partial charge in [-0.2, -0.15) is 0 Å². The van der Waals surface area contributed by atoms with Crippen LogP contribution in [0.1, 0.15) is 32.6 Å². The lowest BCUT2D eigenvalue weighted by Gasteiger charge is -2.25. The SMILES string of the molecule is CCCOC(=O)N1CCCCC1. The summed E-state index contributed by atoms with van der Waals surface area (Å²) in [4.78, 5) is 13.1. The molecular formula is C9H17NO2. The second-order valence-electron chi connectivity index (χ2n) is 3.16. The Bertz CT molecular complexity index is 141. The Labute approximate surface area is 73.7 Å². The van der Waals surface area contributed by atoms with Crippen LogP contribution in [0.3, 0.4) is 0 Å². The third kappa shape index (κ3) is 2.72. The van der Waals surface area contributed by atoms with Crippen LogP contribution in [0.5, 0.6) is 0 Å². The second kappa shape index (κ2) is 5.01. The summed E-state index contributed by atoms with van der Waals surface area (Å²) in [5.41, 5.74) is 0. The summed E-state index contributed by atoms with van der Waals surface area (Å²) >= 11 is 0. The molecule has 70 valence electrons. The van der Waals surface area contributed by atoms with Gasteiger partial charge in [0.25, 0.3) is 0 Å². The van der Waals surface area contributed by atoms with Crippen molar-refractivity contribution in [1.82, 2.24) is 4.90 Å². The van der Waals surface area contributed by atoms with Gasteiger partial charge in [-0.15, -0.1) is 0 Å². The van der Waals surface area contributed by atoms with Crippen molar-refractivity contribution < 1.29 is 9.53 Å². The summed E-state index contributed by atoms with van der Waals surface area (Å²) in [5, 5.41) is 0. The van der Waals surface area contributed by atoms with Gasteiger partial charge in [-0.25, -0.2) is 4.79 Å². The van der Waals surface area contributed by atoms with E-state index in [-0.39, 0.29) is 6.09 Å². The van der Waals surface area contributed by atoms with Crippen LogP contribution in [0.4, 0.5) is 4.79 Å². The van der Waals surface area contributed by atoms with Gasteiger partial charge in [0.15, 0.2) is 0 Å². The molecule has 1 aliphatic heterocycles. The van der Waals surface area contributed by atoms with Gasteiger partial charge in [0.2, 0.25) is 0 Å². The molecule has 0 unspecified atom stereocenters. The summed E-state index contributed by atoms with van der Waals surface area (Å²) in [5.74, 6) is 0. The van der Waals surface area contributed by atoms with Crippen LogP contribution in [-0.4, -0.2) is 30.7 Å². The normalized spacial score (nSPS) is 17.6. The Hall–Kier alpha value is -0.730. The highest BCUT2D eigenvalue weighted by atomic mass is 16.6. The predicted octanol–water partition coefficient (Wildman–Crippen LogP) is 2.02. The number of likely N-dealkylation sites (tertiary alicyclic amines) is 1. The van der Waals surface area contributed by atoms with Crippen LogP contribution in [0.25, 0.3) is 0 Å². The minimum atomic E-state index is -0.128. The predicted molar refractivity (Wildman–Crippen MR) is 47.1 cm³/mol. The zero-order valence-corrected chi connectivity index (χ0v) is 7.71. The quantitative estimate of drug-likeness (QED) is 0.636. The van der Waals surface area contributed by atoms with Crippen molar-refractivity contribution in [2.75, 3.05) is 19.7 Å². The molecule has 1 fully saturated rings. The molecule has 0 N–H and O–H groups in total. The molecule has 1 heterocycles. The molecule has 3 nitrogen and oxygen atoms in total. The maximum Gasteiger partial charge on any atom is 0.409 e. The van der Waals surface area contributed by atoms with E-state index in [0.29, 0.717) is 6.61 Å². The number of ether oxygens (including phenoxy) is 1. The number of carbonyl (C=O) groups excluding carboxylic acids is 1. The largest absolute Gasteiger partial charge is 0.449 e. The van der Waals surface area contributed by atoms with E-state index < -0.39 is 0 Å². The maximum atomic E-state index is 11.3. The van der Waals surface area contributed by atoms with Crippen LogP contribution in [0, 0.1) is 0 Å². The lowest BCUT2D eigenvalue weighted by Crippen LogP contribution is -2.36. The molecule has 0 radical (unpaired) electrons. The third-order valence-electron chi connectivity index (χ3n) is 2.04. The molecule has 0 atom stereocenters. The van der Waals surface area contributed by atoms with Crippen LogP contribution in [0.2, 0.25) is 0 Å². The fourth-order valence-corrected chi connectivity index (χ4v) is 1.36. The summed E-state index contributed by atoms with van der Waals surface area (Å²) in [7, 11) is 0. The molecule has 1 rings (SSSR count). The molecule has 1 saturated heterocycles. The summed E-state index contributed by atoms with van der Waals surface area (Å²) in [6, 6.07) is 0. The van der Waals surface area contributed by atoms with E-state index in [4.69, 9.17) is 4.74 Å². The van der Waals surface area contributed by atoms with Crippen LogP contribution >= 0.6 is 0 Å². The number of hydrogen-bond donors (Lipinski definition) is 0. The Kier molecular flexibility index (Phi) is 3.91. The fourth-order valence-electron chi connectivity index (χ4n) is 1.36. The van der Waals surface area contributed by atoms with E-state index in [9.17, 15) is 4.79 Å². The van der Waals surface area contributed by atoms with Gasteiger partial charge in [0.05, 0.1) is 6.61 Å². The highest BCUT2D eigenvalue weighted by molar-refractivity contribution is 5.67. The number of carbonyl (C=O) groups is 1. The number of nitrogens with zero attached hydrogens (tertiary/aromatic N) is 1. The molecule has 0 saturated carbocycles. The highest BCUT2D eigenvalue weighted by Gasteiger charge is 2.16. The molecule has 0 aromatic carbocycles. The standard InChI is InChI=1S/C9H17NO2/c1-2-8-12-9(11)10-6-4-3-5-7-10/h2-8H2,1H3. The Morgan fingerprint density at radius 1 is 1.33 bits per heavy atom. The van der Waals surface area contributed by atoms with Gasteiger partial charge in [0.1, 0.15) is 0 Å². The highest BCUT2D eigenvalue weighted by Crippen LogP contribution is 2.09. The zero-order chi connectivity index (χ0) is 8.81. The average Bonchev–Trinajstić information content (AvgIpc) is 2.15. The van der Waals surface area contributed by atoms with Crippen molar-refractivity contribution in [2.45, 2.75) is 32.6 Å². The Morgan fingerprint density at radius 3 is 2.58 bits per heavy atom. The van der Waals surface area contributed by atoms with Crippen molar-refractivity contribution >= 4 is 6.09 Å². The van der Waals surface area contributed by atoms with Crippen molar-refractivity contribution in [3.63, 3.8) is 0 Å². The first-order chi connectivity index (χ1) is 5.84. The first-order valence-corrected chi connectivity index (χ1v) is 4.76. The number of amides is 1. The van der Waals surface area contributed by atoms with Gasteiger partial charge < -0.3 is 9.64 Å². The molecule has 1 aliphatic rings. The van der Waals surface area contributed by atoms with Crippen LogP contribution < -0.4 is 0 Å². The molecule has 0 aliphatic carbocycles. The van der Waals surface area contributed by atoms with E-state index in [1.54, 1.807) is 4.90 Å². The molecule has 0 aromatic heterocycles. The van der Waals surface area contributed by atoms with Crippen molar-refractivity contribution in [3.8, 4) is 0 Å². The topological polar surface area (TPSA) is 29.5 Å². The minimum Gasteiger partial charge on any atom is -0.449 e. The fraction of sp³-hybridized carbons (Fsp3) is 0.889. The van der Waals surface area contributed by atoms with Crippen LogP contribution in [-0.2, 0) is 4.74 Å². The Morgan fingerprint density at radius 2 is 2.00 bits per heavy atom. The van der Waals surface area contributed by atoms with Crippen molar-refractivity contribution in [2.24, 2.45) is 0 Å². The molecule has 0 spiro atoms. The van der Waals surface area contributed by atoms with E-state index in [1.807, 2.05) is 6.92 Å². The molecular weight excluding hydrogens is 154 g/mol. The van der Waals surface area contributed by atoms with E-state index in [2.05, 4.69) is 0 Å². The van der Waals surface area contributed by atoms with Crippen LogP contribution in [0.15, 0.2) is 0 Å². The van der Waals surface area contributed by atoms with E-state index >= 15 is 0 Å². The number of hydrogen-bond acceptors (Lipinski definition) is 2. The molecule has 0 aromatic rings. The molecule has 12 heavy (non-hydrogen) atoms. The number of rotatable bonds is 2. The molecule has 1 amide bonds. The maximum absolute atomic E-state index is 11.3. The average molecular weight is 171 g/mol. The smallest absolute Gasteiger partial charge is 0.409 e. The van der Waals surface area contributed by atoms with Gasteiger partial charge >= 0.3 is 6.09 Å². The summed E-state index contributed by atoms with van der Waals surface area (Å²) in [6.45, 7) is 4.31. The minimum absolute atomic E-state index is 0.128. The van der Waals surface area contributed by atoms with E-state index in [1.165, 1.54) is 6.42 Å². The van der Waals surface area contributed by atoms with Gasteiger partial charge in [-0.05, 0) is 25.7 Å². The third-order valence-corrected chi connectivity index (χ3v) is 2.04. The summed E-state index contributed by atoms with van der Waals surface area (Å²) in [6.07, 6.45) is 4.27. The lowest BCUT2D eigenvalue weighted by molar-refractivity contribution is 0.0953. The van der Waals surface area contributed by atoms with Gasteiger partial charge in [-0.1, -0.05) is 6.92 Å². The van der Waals surface area contributed by atoms with Crippen molar-refractivity contribution in [1.29, 1.82) is 0 Å². The first-order valence-electron chi connectivity index (χ1n) is 4.76. The molecule has 3 heteroatoms. The van der Waals surface area contributed by atoms with Crippen molar-refractivity contribution in [3.05, 3.63) is 0 Å². The second-order valence-corrected chi connectivity index (χ2v) is 3.16. The lowest BCUT2D eigenvalue weighted by atomic mass is 10.1. The van der Waals surface area contributed by atoms with E-state index in [0.717, 1.165) is 32.4 Å².